The topological polar surface area (TPSA) is 35.6 Å². The van der Waals surface area contributed by atoms with E-state index in [2.05, 4.69) is 205 Å². The maximum Gasteiger partial charge on any atom is 0.160 e. The molecule has 0 bridgehead atoms. The summed E-state index contributed by atoms with van der Waals surface area (Å²) in [5, 5.41) is 4.98. The molecular weight excluding hydrogens is 705 g/mol. The van der Waals surface area contributed by atoms with Gasteiger partial charge in [-0.05, 0) is 92.2 Å². The van der Waals surface area contributed by atoms with Crippen LogP contribution >= 0.6 is 0 Å². The molecule has 0 spiro atoms. The third kappa shape index (κ3) is 5.61. The first kappa shape index (κ1) is 33.8. The number of rotatable bonds is 6. The minimum absolute atomic E-state index is 0.680. The lowest BCUT2D eigenvalue weighted by Crippen LogP contribution is -2.01. The number of hydrogen-bond donors (Lipinski definition) is 0. The fourth-order valence-corrected chi connectivity index (χ4v) is 8.72. The lowest BCUT2D eigenvalue weighted by atomic mass is 9.99. The largest absolute Gasteiger partial charge is 0.309 e. The van der Waals surface area contributed by atoms with Crippen molar-refractivity contribution in [3.8, 4) is 56.4 Å². The van der Waals surface area contributed by atoms with Gasteiger partial charge in [0.05, 0.1) is 39.1 Å². The predicted molar refractivity (Wildman–Crippen MR) is 242 cm³/mol. The molecule has 0 aliphatic carbocycles. The van der Waals surface area contributed by atoms with Crippen molar-refractivity contribution in [1.29, 1.82) is 0 Å². The van der Waals surface area contributed by atoms with Gasteiger partial charge in [0, 0.05) is 49.5 Å². The first-order chi connectivity index (χ1) is 28.6. The van der Waals surface area contributed by atoms with E-state index in [9.17, 15) is 0 Å². The molecule has 274 valence electrons. The minimum atomic E-state index is 0.680. The number of hydrogen-bond acceptors (Lipinski definition) is 2. The molecule has 0 unspecified atom stereocenters. The van der Waals surface area contributed by atoms with Crippen LogP contribution in [0, 0.1) is 13.8 Å². The van der Waals surface area contributed by atoms with E-state index < -0.39 is 0 Å². The number of aryl methyl sites for hydroxylation is 2. The molecule has 0 radical (unpaired) electrons. The van der Waals surface area contributed by atoms with Crippen LogP contribution in [0.25, 0.3) is 100 Å². The van der Waals surface area contributed by atoms with Crippen LogP contribution in [-0.2, 0) is 0 Å². The van der Waals surface area contributed by atoms with Gasteiger partial charge in [0.1, 0.15) is 0 Å². The Balaban J connectivity index is 1.18. The molecule has 11 aromatic rings. The van der Waals surface area contributed by atoms with Crippen molar-refractivity contribution in [1.82, 2.24) is 19.1 Å². The molecule has 0 N–H and O–H groups in total. The highest BCUT2D eigenvalue weighted by Crippen LogP contribution is 2.40. The predicted octanol–water partition coefficient (Wildman–Crippen LogP) is 14.0. The van der Waals surface area contributed by atoms with Crippen LogP contribution in [0.5, 0.6) is 0 Å². The SMILES string of the molecule is Cc1ccc2c(c1)c1ccccc1n2-c1cccc(-c2cc(-c3nc(-c4ccccc4)cc(-c4ccccc4)n3)ccc2-n2c3ccccc3c3cc(C)ccc32)c1. The Morgan fingerprint density at radius 1 is 0.345 bits per heavy atom. The summed E-state index contributed by atoms with van der Waals surface area (Å²) in [6.45, 7) is 4.33. The fraction of sp³-hybridized carbons (Fsp3) is 0.0370. The van der Waals surface area contributed by atoms with Crippen molar-refractivity contribution in [2.75, 3.05) is 0 Å². The lowest BCUT2D eigenvalue weighted by Gasteiger charge is -2.17. The first-order valence-electron chi connectivity index (χ1n) is 19.8. The summed E-state index contributed by atoms with van der Waals surface area (Å²) >= 11 is 0. The highest BCUT2D eigenvalue weighted by atomic mass is 15.0. The Morgan fingerprint density at radius 3 is 1.48 bits per heavy atom. The second kappa shape index (κ2) is 13.6. The maximum absolute atomic E-state index is 5.25. The number of aromatic nitrogens is 4. The summed E-state index contributed by atoms with van der Waals surface area (Å²) in [5.41, 5.74) is 16.4. The van der Waals surface area contributed by atoms with Crippen molar-refractivity contribution in [3.05, 3.63) is 205 Å². The van der Waals surface area contributed by atoms with Crippen molar-refractivity contribution in [2.45, 2.75) is 13.8 Å². The number of para-hydroxylation sites is 2. The zero-order valence-corrected chi connectivity index (χ0v) is 32.3. The Hall–Kier alpha value is -7.56. The molecule has 0 saturated heterocycles. The summed E-state index contributed by atoms with van der Waals surface area (Å²) in [6, 6.07) is 69.6. The molecule has 3 heterocycles. The number of nitrogens with zero attached hydrogens (tertiary/aromatic N) is 4. The van der Waals surface area contributed by atoms with Crippen LogP contribution in [0.3, 0.4) is 0 Å². The van der Waals surface area contributed by atoms with Crippen molar-refractivity contribution >= 4 is 43.6 Å². The Morgan fingerprint density at radius 2 is 0.862 bits per heavy atom. The zero-order valence-electron chi connectivity index (χ0n) is 32.3. The van der Waals surface area contributed by atoms with Crippen molar-refractivity contribution in [2.24, 2.45) is 0 Å². The molecule has 3 aromatic heterocycles. The number of benzene rings is 8. The van der Waals surface area contributed by atoms with E-state index >= 15 is 0 Å². The molecular formula is C54H38N4. The van der Waals surface area contributed by atoms with E-state index in [1.54, 1.807) is 0 Å². The first-order valence-corrected chi connectivity index (χ1v) is 19.8. The molecule has 0 aliphatic rings. The van der Waals surface area contributed by atoms with E-state index in [1.165, 1.54) is 54.7 Å². The molecule has 0 amide bonds. The Labute approximate surface area is 337 Å². The summed E-state index contributed by atoms with van der Waals surface area (Å²) in [5.74, 6) is 0.680. The zero-order chi connectivity index (χ0) is 38.7. The van der Waals surface area contributed by atoms with Crippen LogP contribution in [0.15, 0.2) is 194 Å². The molecule has 4 heteroatoms. The average Bonchev–Trinajstić information content (AvgIpc) is 3.78. The molecule has 0 fully saturated rings. The second-order valence-electron chi connectivity index (χ2n) is 15.2. The normalized spacial score (nSPS) is 11.6. The summed E-state index contributed by atoms with van der Waals surface area (Å²) in [7, 11) is 0. The van der Waals surface area contributed by atoms with Crippen molar-refractivity contribution < 1.29 is 0 Å². The third-order valence-electron chi connectivity index (χ3n) is 11.4. The van der Waals surface area contributed by atoms with Gasteiger partial charge in [-0.1, -0.05) is 132 Å². The average molecular weight is 743 g/mol. The fourth-order valence-electron chi connectivity index (χ4n) is 8.72. The lowest BCUT2D eigenvalue weighted by molar-refractivity contribution is 1.16. The van der Waals surface area contributed by atoms with E-state index in [1.807, 2.05) is 12.1 Å². The van der Waals surface area contributed by atoms with Gasteiger partial charge in [0.2, 0.25) is 0 Å². The molecule has 8 aromatic carbocycles. The van der Waals surface area contributed by atoms with Gasteiger partial charge in [-0.3, -0.25) is 0 Å². The van der Waals surface area contributed by atoms with Crippen molar-refractivity contribution in [3.63, 3.8) is 0 Å². The third-order valence-corrected chi connectivity index (χ3v) is 11.4. The van der Waals surface area contributed by atoms with Crippen LogP contribution in [0.1, 0.15) is 11.1 Å². The highest BCUT2D eigenvalue weighted by molar-refractivity contribution is 6.11. The van der Waals surface area contributed by atoms with Crippen LogP contribution in [0.2, 0.25) is 0 Å². The second-order valence-corrected chi connectivity index (χ2v) is 15.2. The molecule has 4 nitrogen and oxygen atoms in total. The van der Waals surface area contributed by atoms with Gasteiger partial charge >= 0.3 is 0 Å². The highest BCUT2D eigenvalue weighted by Gasteiger charge is 2.20. The van der Waals surface area contributed by atoms with Gasteiger partial charge in [-0.25, -0.2) is 9.97 Å². The van der Waals surface area contributed by atoms with Gasteiger partial charge in [-0.15, -0.1) is 0 Å². The van der Waals surface area contributed by atoms with Gasteiger partial charge in [0.25, 0.3) is 0 Å². The summed E-state index contributed by atoms with van der Waals surface area (Å²) in [6.07, 6.45) is 0. The van der Waals surface area contributed by atoms with Gasteiger partial charge in [0.15, 0.2) is 5.82 Å². The van der Waals surface area contributed by atoms with Crippen LogP contribution in [-0.4, -0.2) is 19.1 Å². The van der Waals surface area contributed by atoms with Crippen LogP contribution in [0.4, 0.5) is 0 Å². The molecule has 0 saturated carbocycles. The summed E-state index contributed by atoms with van der Waals surface area (Å²) < 4.78 is 4.83. The van der Waals surface area contributed by atoms with E-state index in [0.717, 1.165) is 50.6 Å². The Kier molecular flexibility index (Phi) is 7.90. The van der Waals surface area contributed by atoms with Gasteiger partial charge in [-0.2, -0.15) is 0 Å². The molecule has 0 atom stereocenters. The quantitative estimate of drug-likeness (QED) is 0.170. The standard InChI is InChI=1S/C54H38N4/c1-35-24-27-52-45(30-35)42-20-9-11-22-49(42)57(52)41-19-13-18-39(32-41)44-33-40(26-29-51(44)58-50-23-12-10-21-43(50)46-31-36(2)25-28-53(46)58)54-55-47(37-14-5-3-6-15-37)34-48(56-54)38-16-7-4-8-17-38/h3-34H,1-2H3. The smallest absolute Gasteiger partial charge is 0.160 e. The minimum Gasteiger partial charge on any atom is -0.309 e. The van der Waals surface area contributed by atoms with E-state index in [-0.39, 0.29) is 0 Å². The monoisotopic (exact) mass is 742 g/mol. The maximum atomic E-state index is 5.25. The molecule has 0 aliphatic heterocycles. The molecule has 11 rings (SSSR count). The molecule has 58 heavy (non-hydrogen) atoms. The Bertz CT molecular complexity index is 3300. The summed E-state index contributed by atoms with van der Waals surface area (Å²) in [4.78, 5) is 10.5. The number of fused-ring (bicyclic) bond motifs is 6. The van der Waals surface area contributed by atoms with Gasteiger partial charge < -0.3 is 9.13 Å². The van der Waals surface area contributed by atoms with E-state index in [0.29, 0.717) is 5.82 Å². The van der Waals surface area contributed by atoms with Crippen LogP contribution < -0.4 is 0 Å². The van der Waals surface area contributed by atoms with E-state index in [4.69, 9.17) is 9.97 Å².